The van der Waals surface area contributed by atoms with Crippen molar-refractivity contribution in [1.29, 1.82) is 0 Å². The number of hydrogen-bond donors (Lipinski definition) is 0. The minimum absolute atomic E-state index is 0.121. The molecule has 1 aliphatic rings. The van der Waals surface area contributed by atoms with Crippen LogP contribution in [0.15, 0.2) is 53.4 Å². The first-order valence-electron chi connectivity index (χ1n) is 15.3. The van der Waals surface area contributed by atoms with Crippen LogP contribution in [-0.2, 0) is 10.8 Å². The van der Waals surface area contributed by atoms with E-state index >= 15 is 17.6 Å². The number of alkyl halides is 2. The highest BCUT2D eigenvalue weighted by molar-refractivity contribution is 8.45. The maximum absolute atomic E-state index is 15.4. The van der Waals surface area contributed by atoms with Gasteiger partial charge in [-0.2, -0.15) is 8.78 Å². The van der Waals surface area contributed by atoms with Gasteiger partial charge in [-0.25, -0.2) is 8.78 Å². The zero-order valence-electron chi connectivity index (χ0n) is 26.1. The Morgan fingerprint density at radius 3 is 1.79 bits per heavy atom. The van der Waals surface area contributed by atoms with Gasteiger partial charge < -0.3 is 18.9 Å². The van der Waals surface area contributed by atoms with E-state index in [0.29, 0.717) is 37.5 Å². The summed E-state index contributed by atoms with van der Waals surface area (Å²) in [4.78, 5) is -2.34. The molecule has 0 bridgehead atoms. The second-order valence-electron chi connectivity index (χ2n) is 11.5. The van der Waals surface area contributed by atoms with Crippen molar-refractivity contribution in [3.05, 3.63) is 71.3 Å². The van der Waals surface area contributed by atoms with Crippen LogP contribution in [0.5, 0.6) is 17.2 Å². The lowest BCUT2D eigenvalue weighted by Gasteiger charge is -2.40. The minimum Gasteiger partial charge on any atom is -0.493 e. The molecule has 4 rings (SSSR count). The summed E-state index contributed by atoms with van der Waals surface area (Å²) in [6.07, 6.45) is -0.0879. The molecule has 0 N–H and O–H groups in total. The van der Waals surface area contributed by atoms with Crippen LogP contribution in [0, 0.1) is 17.6 Å². The highest BCUT2D eigenvalue weighted by atomic mass is 32.5. The highest BCUT2D eigenvalue weighted by Crippen LogP contribution is 3.02. The van der Waals surface area contributed by atoms with Crippen LogP contribution >= 0.6 is 10.2 Å². The summed E-state index contributed by atoms with van der Waals surface area (Å²) in [6, 6.07) is 4.79. The van der Waals surface area contributed by atoms with Gasteiger partial charge in [0.2, 0.25) is 0 Å². The van der Waals surface area contributed by atoms with E-state index in [1.165, 1.54) is 0 Å². The molecular weight excluding hydrogens is 663 g/mol. The summed E-state index contributed by atoms with van der Waals surface area (Å²) in [5, 5.41) is 0. The number of hydrogen-bond acceptors (Lipinski definition) is 4. The van der Waals surface area contributed by atoms with Gasteiger partial charge in [-0.05, 0) is 97.7 Å². The molecule has 0 spiro atoms. The first-order valence-corrected chi connectivity index (χ1v) is 17.3. The molecular formula is C33H37F9O4S. The molecule has 1 heterocycles. The van der Waals surface area contributed by atoms with Crippen molar-refractivity contribution in [2.45, 2.75) is 76.4 Å². The van der Waals surface area contributed by atoms with Gasteiger partial charge in [-0.15, -0.1) is 0 Å². The molecule has 0 radical (unpaired) electrons. The van der Waals surface area contributed by atoms with Crippen molar-refractivity contribution in [2.75, 3.05) is 19.8 Å². The van der Waals surface area contributed by atoms with Gasteiger partial charge in [0.25, 0.3) is 0 Å². The lowest BCUT2D eigenvalue weighted by Crippen LogP contribution is -2.25. The molecule has 1 unspecified atom stereocenters. The zero-order valence-corrected chi connectivity index (χ0v) is 26.9. The summed E-state index contributed by atoms with van der Waals surface area (Å²) >= 11 is 0. The predicted molar refractivity (Wildman–Crippen MR) is 162 cm³/mol. The minimum atomic E-state index is -10.1. The molecule has 3 aromatic rings. The molecule has 4 nitrogen and oxygen atoms in total. The zero-order chi connectivity index (χ0) is 34.7. The Balaban J connectivity index is 1.72. The lowest BCUT2D eigenvalue weighted by atomic mass is 9.90. The molecule has 2 atom stereocenters. The monoisotopic (exact) mass is 700 g/mol. The van der Waals surface area contributed by atoms with Crippen LogP contribution in [0.4, 0.5) is 37.0 Å². The summed E-state index contributed by atoms with van der Waals surface area (Å²) < 4.78 is 148. The summed E-state index contributed by atoms with van der Waals surface area (Å²) in [6.45, 7) is 6.85. The Hall–Kier alpha value is -3.26. The third-order valence-electron chi connectivity index (χ3n) is 7.59. The van der Waals surface area contributed by atoms with E-state index in [1.807, 2.05) is 13.8 Å². The normalized spacial score (nSPS) is 18.7. The molecule has 1 fully saturated rings. The van der Waals surface area contributed by atoms with E-state index in [-0.39, 0.29) is 66.2 Å². The maximum atomic E-state index is 15.4. The van der Waals surface area contributed by atoms with Crippen LogP contribution in [0.2, 0.25) is 0 Å². The number of ether oxygens (including phenoxy) is 4. The maximum Gasteiger partial charge on any atom is 0.432 e. The summed E-state index contributed by atoms with van der Waals surface area (Å²) in [5.41, 5.74) is -1.17. The molecule has 0 amide bonds. The Bertz CT molecular complexity index is 1490. The van der Waals surface area contributed by atoms with E-state index in [9.17, 15) is 19.4 Å². The van der Waals surface area contributed by atoms with Gasteiger partial charge in [-0.3, -0.25) is 0 Å². The van der Waals surface area contributed by atoms with Gasteiger partial charge in [-0.1, -0.05) is 46.6 Å². The first-order chi connectivity index (χ1) is 21.9. The van der Waals surface area contributed by atoms with E-state index in [0.717, 1.165) is 31.2 Å². The van der Waals surface area contributed by atoms with Crippen LogP contribution in [-0.4, -0.2) is 19.8 Å². The number of halogens is 9. The molecule has 1 saturated heterocycles. The molecule has 262 valence electrons. The molecule has 0 aromatic heterocycles. The number of benzene rings is 3. The average molecular weight is 701 g/mol. The molecule has 1 aliphatic heterocycles. The van der Waals surface area contributed by atoms with E-state index < -0.39 is 44.2 Å². The van der Waals surface area contributed by atoms with Gasteiger partial charge >= 0.3 is 16.3 Å². The third-order valence-corrected chi connectivity index (χ3v) is 8.75. The molecule has 47 heavy (non-hydrogen) atoms. The van der Waals surface area contributed by atoms with Crippen molar-refractivity contribution >= 4 is 10.2 Å². The van der Waals surface area contributed by atoms with Crippen molar-refractivity contribution in [1.82, 2.24) is 0 Å². The van der Waals surface area contributed by atoms with Gasteiger partial charge in [0.1, 0.15) is 39.3 Å². The second kappa shape index (κ2) is 13.3. The van der Waals surface area contributed by atoms with Crippen molar-refractivity contribution in [3.63, 3.8) is 0 Å². The predicted octanol–water partition coefficient (Wildman–Crippen LogP) is 12.3. The van der Waals surface area contributed by atoms with Crippen LogP contribution < -0.4 is 14.2 Å². The Labute approximate surface area is 267 Å². The fourth-order valence-electron chi connectivity index (χ4n) is 5.40. The number of rotatable bonds is 14. The Morgan fingerprint density at radius 1 is 0.787 bits per heavy atom. The van der Waals surface area contributed by atoms with Crippen molar-refractivity contribution < 1.29 is 55.9 Å². The largest absolute Gasteiger partial charge is 0.493 e. The average Bonchev–Trinajstić information content (AvgIpc) is 2.97. The van der Waals surface area contributed by atoms with Crippen LogP contribution in [0.1, 0.15) is 76.5 Å². The van der Waals surface area contributed by atoms with Gasteiger partial charge in [0, 0.05) is 0 Å². The first kappa shape index (κ1) is 36.6. The van der Waals surface area contributed by atoms with Crippen LogP contribution in [0.3, 0.4) is 0 Å². The van der Waals surface area contributed by atoms with E-state index in [1.54, 1.807) is 12.1 Å². The summed E-state index contributed by atoms with van der Waals surface area (Å²) in [5.74, 6) is -3.66. The molecule has 0 saturated carbocycles. The van der Waals surface area contributed by atoms with E-state index in [2.05, 4.69) is 11.7 Å². The molecule has 14 heteroatoms. The van der Waals surface area contributed by atoms with Crippen molar-refractivity contribution in [2.24, 2.45) is 5.92 Å². The third kappa shape index (κ3) is 9.01. The quantitative estimate of drug-likeness (QED) is 0.157. The highest BCUT2D eigenvalue weighted by Gasteiger charge is 2.65. The standard InChI is InChI=1S/C33H37F9O4S/c1-4-7-21-8-13-28(45-20-21)22-18-29(43-14-5-2)31(30(19-22)44-15-6-3)23-16-26(34)32(27(35)17-23)33(36,37)46-24-9-11-25(12-10-24)47(38,39,40,41)42/h9-12,16-19,21,28H,4-8,13-15,20H2,1-3H3/t21?,28-/m0/s1. The second-order valence-corrected chi connectivity index (χ2v) is 13.9. The lowest BCUT2D eigenvalue weighted by molar-refractivity contribution is -0.189. The smallest absolute Gasteiger partial charge is 0.432 e. The van der Waals surface area contributed by atoms with Crippen LogP contribution in [0.25, 0.3) is 11.1 Å². The fourth-order valence-corrected chi connectivity index (χ4v) is 6.05. The SMILES string of the molecule is CCCOc1cc([C@@H]2CCC(CCC)CO2)cc(OCCC)c1-c1cc(F)c(C(F)(F)Oc2ccc(S(F)(F)(F)(F)F)cc2)c(F)c1. The Morgan fingerprint density at radius 2 is 1.34 bits per heavy atom. The van der Waals surface area contributed by atoms with Crippen molar-refractivity contribution in [3.8, 4) is 28.4 Å². The topological polar surface area (TPSA) is 36.9 Å². The Kier molecular flexibility index (Phi) is 10.4. The van der Waals surface area contributed by atoms with Gasteiger partial charge in [0.15, 0.2) is 0 Å². The summed E-state index contributed by atoms with van der Waals surface area (Å²) in [7, 11) is -10.1. The van der Waals surface area contributed by atoms with Gasteiger partial charge in [0.05, 0.1) is 31.5 Å². The molecule has 3 aromatic carbocycles. The van der Waals surface area contributed by atoms with E-state index in [4.69, 9.17) is 14.2 Å². The fraction of sp³-hybridized carbons (Fsp3) is 0.455. The molecule has 0 aliphatic carbocycles.